The number of hydrogen-bond donors (Lipinski definition) is 3. The van der Waals surface area contributed by atoms with Crippen LogP contribution in [0, 0.1) is 3.57 Å². The van der Waals surface area contributed by atoms with Crippen molar-refractivity contribution >= 4 is 39.6 Å². The van der Waals surface area contributed by atoms with Crippen molar-refractivity contribution in [2.75, 3.05) is 5.32 Å². The number of aromatic hydroxyl groups is 1. The third kappa shape index (κ3) is 2.46. The molecule has 0 amide bonds. The van der Waals surface area contributed by atoms with E-state index in [4.69, 9.17) is 0 Å². The van der Waals surface area contributed by atoms with E-state index < -0.39 is 0 Å². The Morgan fingerprint density at radius 3 is 3.05 bits per heavy atom. The lowest BCUT2D eigenvalue weighted by Crippen LogP contribution is -2.03. The Hall–Kier alpha value is -1.90. The molecule has 19 heavy (non-hydrogen) atoms. The molecular weight excluding hydrogens is 357 g/mol. The zero-order valence-corrected chi connectivity index (χ0v) is 11.9. The fourth-order valence-electron chi connectivity index (χ4n) is 1.77. The molecular formula is C12H10IN5O. The molecule has 96 valence electrons. The van der Waals surface area contributed by atoms with Crippen LogP contribution in [0.5, 0.6) is 5.75 Å². The summed E-state index contributed by atoms with van der Waals surface area (Å²) in [5.41, 5.74) is 2.19. The molecule has 0 fully saturated rings. The van der Waals surface area contributed by atoms with Crippen molar-refractivity contribution in [1.29, 1.82) is 0 Å². The van der Waals surface area contributed by atoms with Crippen LogP contribution in [-0.2, 0) is 6.54 Å². The van der Waals surface area contributed by atoms with Gasteiger partial charge in [0.15, 0.2) is 11.5 Å². The van der Waals surface area contributed by atoms with Crippen LogP contribution >= 0.6 is 22.6 Å². The van der Waals surface area contributed by atoms with Crippen LogP contribution < -0.4 is 5.32 Å². The van der Waals surface area contributed by atoms with Crippen LogP contribution in [-0.4, -0.2) is 25.0 Å². The first-order valence-electron chi connectivity index (χ1n) is 5.59. The highest BCUT2D eigenvalue weighted by atomic mass is 127. The predicted octanol–water partition coefficient (Wildman–Crippen LogP) is 2.28. The second kappa shape index (κ2) is 5.00. The minimum absolute atomic E-state index is 0.267. The van der Waals surface area contributed by atoms with Gasteiger partial charge in [0.05, 0.1) is 6.33 Å². The highest BCUT2D eigenvalue weighted by Gasteiger charge is 2.07. The van der Waals surface area contributed by atoms with E-state index in [1.54, 1.807) is 12.4 Å². The second-order valence-electron chi connectivity index (χ2n) is 3.95. The van der Waals surface area contributed by atoms with E-state index in [2.05, 4.69) is 47.8 Å². The topological polar surface area (TPSA) is 86.7 Å². The summed E-state index contributed by atoms with van der Waals surface area (Å²) < 4.78 is 1.07. The zero-order valence-electron chi connectivity index (χ0n) is 9.76. The molecule has 0 aliphatic heterocycles. The first-order valence-corrected chi connectivity index (χ1v) is 6.67. The smallest absolute Gasteiger partial charge is 0.182 e. The van der Waals surface area contributed by atoms with Gasteiger partial charge in [-0.1, -0.05) is 0 Å². The Morgan fingerprint density at radius 2 is 2.16 bits per heavy atom. The number of benzene rings is 1. The van der Waals surface area contributed by atoms with E-state index in [0.717, 1.165) is 14.7 Å². The van der Waals surface area contributed by atoms with Gasteiger partial charge in [-0.2, -0.15) is 0 Å². The lowest BCUT2D eigenvalue weighted by Gasteiger charge is -2.08. The summed E-state index contributed by atoms with van der Waals surface area (Å²) in [6.07, 6.45) is 3.04. The Bertz CT molecular complexity index is 727. The largest absolute Gasteiger partial charge is 0.508 e. The zero-order chi connectivity index (χ0) is 13.2. The standard InChI is InChI=1S/C12H10IN5O/c13-8-1-2-9(19)7(3-8)4-14-11-10-12(16-5-15-10)18-6-17-11/h1-3,5-6,19H,4H2,(H2,14,15,16,17,18). The molecule has 0 aliphatic rings. The average Bonchev–Trinajstić information content (AvgIpc) is 2.88. The molecule has 0 saturated heterocycles. The molecule has 7 heteroatoms. The van der Waals surface area contributed by atoms with E-state index in [1.807, 2.05) is 12.1 Å². The Kier molecular flexibility index (Phi) is 3.20. The number of aromatic amines is 1. The van der Waals surface area contributed by atoms with Gasteiger partial charge in [-0.25, -0.2) is 15.0 Å². The summed E-state index contributed by atoms with van der Waals surface area (Å²) in [4.78, 5) is 15.3. The number of phenolic OH excluding ortho intramolecular Hbond substituents is 1. The van der Waals surface area contributed by atoms with Crippen molar-refractivity contribution in [1.82, 2.24) is 19.9 Å². The van der Waals surface area contributed by atoms with Crippen LogP contribution in [0.1, 0.15) is 5.56 Å². The van der Waals surface area contributed by atoms with Crippen molar-refractivity contribution in [3.05, 3.63) is 40.0 Å². The van der Waals surface area contributed by atoms with E-state index in [-0.39, 0.29) is 5.75 Å². The number of phenols is 1. The predicted molar refractivity (Wildman–Crippen MR) is 79.8 cm³/mol. The second-order valence-corrected chi connectivity index (χ2v) is 5.20. The molecule has 2 aromatic heterocycles. The molecule has 0 bridgehead atoms. The summed E-state index contributed by atoms with van der Waals surface area (Å²) in [7, 11) is 0. The Balaban J connectivity index is 1.86. The number of imidazole rings is 1. The maximum Gasteiger partial charge on any atom is 0.182 e. The van der Waals surface area contributed by atoms with Crippen molar-refractivity contribution < 1.29 is 5.11 Å². The van der Waals surface area contributed by atoms with Crippen molar-refractivity contribution in [3.63, 3.8) is 0 Å². The summed E-state index contributed by atoms with van der Waals surface area (Å²) in [5.74, 6) is 0.934. The van der Waals surface area contributed by atoms with Gasteiger partial charge in [0.2, 0.25) is 0 Å². The van der Waals surface area contributed by atoms with Crippen molar-refractivity contribution in [3.8, 4) is 5.75 Å². The highest BCUT2D eigenvalue weighted by molar-refractivity contribution is 14.1. The highest BCUT2D eigenvalue weighted by Crippen LogP contribution is 2.22. The van der Waals surface area contributed by atoms with E-state index in [9.17, 15) is 5.11 Å². The summed E-state index contributed by atoms with van der Waals surface area (Å²) in [5, 5.41) is 13.0. The third-order valence-corrected chi connectivity index (χ3v) is 3.38. The normalized spacial score (nSPS) is 10.8. The molecule has 0 spiro atoms. The van der Waals surface area contributed by atoms with Crippen LogP contribution in [0.4, 0.5) is 5.82 Å². The van der Waals surface area contributed by atoms with Gasteiger partial charge in [0.25, 0.3) is 0 Å². The number of halogens is 1. The Labute approximate surface area is 122 Å². The monoisotopic (exact) mass is 367 g/mol. The lowest BCUT2D eigenvalue weighted by molar-refractivity contribution is 0.469. The molecule has 0 unspecified atom stereocenters. The molecule has 0 radical (unpaired) electrons. The van der Waals surface area contributed by atoms with Crippen LogP contribution in [0.25, 0.3) is 11.2 Å². The third-order valence-electron chi connectivity index (χ3n) is 2.71. The molecule has 0 aliphatic carbocycles. The number of fused-ring (bicyclic) bond motifs is 1. The van der Waals surface area contributed by atoms with E-state index in [0.29, 0.717) is 18.0 Å². The molecule has 2 heterocycles. The minimum Gasteiger partial charge on any atom is -0.508 e. The first kappa shape index (κ1) is 12.2. The maximum atomic E-state index is 9.79. The number of anilines is 1. The summed E-state index contributed by atoms with van der Waals surface area (Å²) in [6.45, 7) is 0.480. The fourth-order valence-corrected chi connectivity index (χ4v) is 2.33. The molecule has 0 atom stereocenters. The quantitative estimate of drug-likeness (QED) is 0.619. The number of rotatable bonds is 3. The Morgan fingerprint density at radius 1 is 1.26 bits per heavy atom. The summed E-state index contributed by atoms with van der Waals surface area (Å²) >= 11 is 2.21. The van der Waals surface area contributed by atoms with Crippen molar-refractivity contribution in [2.24, 2.45) is 0 Å². The number of nitrogens with one attached hydrogen (secondary N) is 2. The van der Waals surface area contributed by atoms with E-state index in [1.165, 1.54) is 6.33 Å². The van der Waals surface area contributed by atoms with Crippen molar-refractivity contribution in [2.45, 2.75) is 6.54 Å². The van der Waals surface area contributed by atoms with Gasteiger partial charge in [-0.15, -0.1) is 0 Å². The van der Waals surface area contributed by atoms with Gasteiger partial charge in [-0.3, -0.25) is 0 Å². The molecule has 1 aromatic carbocycles. The van der Waals surface area contributed by atoms with E-state index >= 15 is 0 Å². The first-order chi connectivity index (χ1) is 9.24. The number of H-pyrrole nitrogens is 1. The molecule has 3 aromatic rings. The molecule has 3 N–H and O–H groups in total. The SMILES string of the molecule is Oc1ccc(I)cc1CNc1ncnc2nc[nH]c12. The molecule has 6 nitrogen and oxygen atoms in total. The maximum absolute atomic E-state index is 9.79. The number of aromatic nitrogens is 4. The van der Waals surface area contributed by atoms with Gasteiger partial charge in [0, 0.05) is 15.7 Å². The van der Waals surface area contributed by atoms with Gasteiger partial charge in [-0.05, 0) is 40.8 Å². The summed E-state index contributed by atoms with van der Waals surface area (Å²) in [6, 6.07) is 5.47. The fraction of sp³-hybridized carbons (Fsp3) is 0.0833. The molecule has 3 rings (SSSR count). The van der Waals surface area contributed by atoms with Crippen LogP contribution in [0.15, 0.2) is 30.9 Å². The van der Waals surface area contributed by atoms with Gasteiger partial charge < -0.3 is 15.4 Å². The average molecular weight is 367 g/mol. The van der Waals surface area contributed by atoms with Gasteiger partial charge >= 0.3 is 0 Å². The molecule has 0 saturated carbocycles. The van der Waals surface area contributed by atoms with Crippen LogP contribution in [0.2, 0.25) is 0 Å². The van der Waals surface area contributed by atoms with Gasteiger partial charge in [0.1, 0.15) is 17.6 Å². The minimum atomic E-state index is 0.267. The number of hydrogen-bond acceptors (Lipinski definition) is 5. The number of nitrogens with zero attached hydrogens (tertiary/aromatic N) is 3. The lowest BCUT2D eigenvalue weighted by atomic mass is 10.2. The van der Waals surface area contributed by atoms with Crippen LogP contribution in [0.3, 0.4) is 0 Å².